The van der Waals surface area contributed by atoms with E-state index in [-0.39, 0.29) is 19.1 Å². The van der Waals surface area contributed by atoms with Gasteiger partial charge in [0.15, 0.2) is 0 Å². The number of hydrogen-bond donors (Lipinski definition) is 3. The normalized spacial score (nSPS) is 14.1. The van der Waals surface area contributed by atoms with Crippen molar-refractivity contribution < 1.29 is 32.9 Å². The summed E-state index contributed by atoms with van der Waals surface area (Å²) in [5.74, 6) is -0.182. The van der Waals surface area contributed by atoms with Crippen LogP contribution in [0.5, 0.6) is 0 Å². The SMILES string of the molecule is CCCCCCCCCC/C=C\CCCCCCCCCCCCCCCCCCCCCCCC(=O)NC(COP(=O)(O)OCC[N+](C)(C)C)C(O)/C=C/CC/C=C/CCCCCCCCCCCC. The molecule has 9 heteroatoms. The number of aliphatic hydroxyl groups is 1. The third kappa shape index (κ3) is 56.3. The van der Waals surface area contributed by atoms with Crippen LogP contribution in [0.4, 0.5) is 0 Å². The van der Waals surface area contributed by atoms with E-state index in [0.29, 0.717) is 17.4 Å². The molecule has 0 rings (SSSR count). The van der Waals surface area contributed by atoms with Gasteiger partial charge in [-0.15, -0.1) is 0 Å². The van der Waals surface area contributed by atoms with E-state index in [1.165, 1.54) is 244 Å². The number of carbonyl (C=O) groups excluding carboxylic acids is 1. The number of allylic oxidation sites excluding steroid dienone is 5. The van der Waals surface area contributed by atoms with Gasteiger partial charge in [-0.3, -0.25) is 13.8 Å². The minimum absolute atomic E-state index is 0.0578. The largest absolute Gasteiger partial charge is 0.472 e. The third-order valence-electron chi connectivity index (χ3n) is 14.1. The van der Waals surface area contributed by atoms with E-state index >= 15 is 0 Å². The second-order valence-corrected chi connectivity index (χ2v) is 23.9. The van der Waals surface area contributed by atoms with Gasteiger partial charge in [0.25, 0.3) is 0 Å². The smallest absolute Gasteiger partial charge is 0.387 e. The van der Waals surface area contributed by atoms with Gasteiger partial charge in [0.2, 0.25) is 5.91 Å². The molecule has 0 aromatic rings. The molecule has 3 unspecified atom stereocenters. The van der Waals surface area contributed by atoms with E-state index in [1.54, 1.807) is 6.08 Å². The predicted octanol–water partition coefficient (Wildman–Crippen LogP) is 18.9. The van der Waals surface area contributed by atoms with Gasteiger partial charge >= 0.3 is 7.82 Å². The highest BCUT2D eigenvalue weighted by Gasteiger charge is 2.27. The van der Waals surface area contributed by atoms with Crippen molar-refractivity contribution in [2.24, 2.45) is 0 Å². The fourth-order valence-corrected chi connectivity index (χ4v) is 9.97. The zero-order valence-corrected chi connectivity index (χ0v) is 48.9. The van der Waals surface area contributed by atoms with Crippen molar-refractivity contribution in [2.45, 2.75) is 315 Å². The van der Waals surface area contributed by atoms with Crippen molar-refractivity contribution in [2.75, 3.05) is 40.9 Å². The Morgan fingerprint density at radius 2 is 0.775 bits per heavy atom. The Labute approximate surface area is 442 Å². The Morgan fingerprint density at radius 1 is 0.465 bits per heavy atom. The van der Waals surface area contributed by atoms with Gasteiger partial charge in [-0.25, -0.2) is 4.57 Å². The number of carbonyl (C=O) groups is 1. The number of hydrogen-bond acceptors (Lipinski definition) is 5. The number of nitrogens with zero attached hydrogens (tertiary/aromatic N) is 1. The summed E-state index contributed by atoms with van der Waals surface area (Å²) in [6.07, 6.45) is 69.9. The summed E-state index contributed by atoms with van der Waals surface area (Å²) >= 11 is 0. The van der Waals surface area contributed by atoms with E-state index in [9.17, 15) is 19.4 Å². The lowest BCUT2D eigenvalue weighted by Gasteiger charge is -2.25. The molecule has 0 aliphatic carbocycles. The van der Waals surface area contributed by atoms with Crippen LogP contribution in [0, 0.1) is 0 Å². The first kappa shape index (κ1) is 69.7. The van der Waals surface area contributed by atoms with Gasteiger partial charge < -0.3 is 19.8 Å². The molecule has 3 atom stereocenters. The highest BCUT2D eigenvalue weighted by Crippen LogP contribution is 2.43. The van der Waals surface area contributed by atoms with Gasteiger partial charge in [-0.2, -0.15) is 0 Å². The lowest BCUT2D eigenvalue weighted by atomic mass is 10.0. The number of phosphoric ester groups is 1. The highest BCUT2D eigenvalue weighted by molar-refractivity contribution is 7.47. The third-order valence-corrected chi connectivity index (χ3v) is 15.1. The first-order valence-electron chi connectivity index (χ1n) is 30.9. The van der Waals surface area contributed by atoms with Crippen LogP contribution in [-0.4, -0.2) is 73.4 Å². The molecule has 0 saturated carbocycles. The maximum atomic E-state index is 13.0. The summed E-state index contributed by atoms with van der Waals surface area (Å²) in [7, 11) is 1.57. The number of nitrogens with one attached hydrogen (secondary N) is 1. The monoisotopic (exact) mass is 1020 g/mol. The molecule has 0 aliphatic rings. The van der Waals surface area contributed by atoms with Gasteiger partial charge in [-0.1, -0.05) is 275 Å². The molecule has 0 aromatic carbocycles. The number of quaternary nitrogens is 1. The molecule has 0 bridgehead atoms. The van der Waals surface area contributed by atoms with Crippen LogP contribution < -0.4 is 5.32 Å². The quantitative estimate of drug-likeness (QED) is 0.0243. The molecule has 0 heterocycles. The molecule has 3 N–H and O–H groups in total. The second-order valence-electron chi connectivity index (χ2n) is 22.4. The Morgan fingerprint density at radius 3 is 1.13 bits per heavy atom. The van der Waals surface area contributed by atoms with Crippen molar-refractivity contribution in [3.05, 3.63) is 36.5 Å². The van der Waals surface area contributed by atoms with Crippen molar-refractivity contribution >= 4 is 13.7 Å². The number of likely N-dealkylation sites (N-methyl/N-ethyl adjacent to an activating group) is 1. The molecule has 71 heavy (non-hydrogen) atoms. The standard InChI is InChI=1S/C62H121N2O6P/c1-6-8-10-12-14-16-18-20-22-24-25-26-27-28-29-30-31-32-33-34-35-36-37-38-39-40-42-44-46-48-50-52-54-56-62(66)63-60(59-70-71(67,68)69-58-57-64(3,4)5)61(65)55-53-51-49-47-45-43-41-23-21-19-17-15-13-11-9-7-2/h24-25,45,47,53,55,60-61,65H,6-23,26-44,46,48-52,54,56-59H2,1-5H3,(H-,63,66,67,68)/p+1/b25-24-,47-45+,55-53+. The van der Waals surface area contributed by atoms with Gasteiger partial charge in [-0.05, 0) is 57.8 Å². The van der Waals surface area contributed by atoms with Crippen molar-refractivity contribution in [1.29, 1.82) is 0 Å². The molecular weight excluding hydrogens is 900 g/mol. The Kier molecular flexibility index (Phi) is 52.6. The van der Waals surface area contributed by atoms with Crippen LogP contribution in [0.3, 0.4) is 0 Å². The first-order chi connectivity index (χ1) is 34.5. The van der Waals surface area contributed by atoms with Crippen molar-refractivity contribution in [3.63, 3.8) is 0 Å². The summed E-state index contributed by atoms with van der Waals surface area (Å²) in [4.78, 5) is 23.3. The molecule has 0 saturated heterocycles. The lowest BCUT2D eigenvalue weighted by Crippen LogP contribution is -2.45. The first-order valence-corrected chi connectivity index (χ1v) is 32.4. The lowest BCUT2D eigenvalue weighted by molar-refractivity contribution is -0.870. The molecule has 0 radical (unpaired) electrons. The number of unbranched alkanes of at least 4 members (excludes halogenated alkanes) is 40. The van der Waals surface area contributed by atoms with Crippen LogP contribution in [0.15, 0.2) is 36.5 Å². The van der Waals surface area contributed by atoms with Crippen LogP contribution in [-0.2, 0) is 18.4 Å². The number of amides is 1. The van der Waals surface area contributed by atoms with Crippen LogP contribution in [0.25, 0.3) is 0 Å². The summed E-state index contributed by atoms with van der Waals surface area (Å²) in [5, 5.41) is 13.9. The molecule has 0 aromatic heterocycles. The van der Waals surface area contributed by atoms with Crippen molar-refractivity contribution in [3.8, 4) is 0 Å². The average Bonchev–Trinajstić information content (AvgIpc) is 3.33. The minimum Gasteiger partial charge on any atom is -0.387 e. The summed E-state index contributed by atoms with van der Waals surface area (Å²) < 4.78 is 23.7. The molecule has 8 nitrogen and oxygen atoms in total. The Balaban J connectivity index is 4.03. The van der Waals surface area contributed by atoms with Crippen LogP contribution in [0.1, 0.15) is 303 Å². The predicted molar refractivity (Wildman–Crippen MR) is 309 cm³/mol. The molecule has 0 fully saturated rings. The molecule has 0 spiro atoms. The van der Waals surface area contributed by atoms with E-state index in [1.807, 2.05) is 27.2 Å². The molecule has 420 valence electrons. The van der Waals surface area contributed by atoms with Gasteiger partial charge in [0, 0.05) is 6.42 Å². The average molecular weight is 1020 g/mol. The molecule has 0 aliphatic heterocycles. The van der Waals surface area contributed by atoms with E-state index in [2.05, 4.69) is 43.5 Å². The fourth-order valence-electron chi connectivity index (χ4n) is 9.23. The topological polar surface area (TPSA) is 105 Å². The van der Waals surface area contributed by atoms with E-state index in [4.69, 9.17) is 9.05 Å². The maximum Gasteiger partial charge on any atom is 0.472 e. The second kappa shape index (κ2) is 53.5. The Bertz CT molecular complexity index is 1250. The van der Waals surface area contributed by atoms with Crippen molar-refractivity contribution in [1.82, 2.24) is 5.32 Å². The molecule has 1 amide bonds. The highest BCUT2D eigenvalue weighted by atomic mass is 31.2. The zero-order chi connectivity index (χ0) is 52.0. The zero-order valence-electron chi connectivity index (χ0n) is 48.0. The number of aliphatic hydroxyl groups excluding tert-OH is 1. The summed E-state index contributed by atoms with van der Waals surface area (Å²) in [6.45, 7) is 4.83. The molecular formula is C62H122N2O6P+. The van der Waals surface area contributed by atoms with E-state index < -0.39 is 20.0 Å². The van der Waals surface area contributed by atoms with Crippen LogP contribution >= 0.6 is 7.82 Å². The van der Waals surface area contributed by atoms with E-state index in [0.717, 1.165) is 38.5 Å². The minimum atomic E-state index is -4.35. The number of phosphoric acid groups is 1. The fraction of sp³-hybridized carbons (Fsp3) is 0.887. The summed E-state index contributed by atoms with van der Waals surface area (Å²) in [6, 6.07) is -0.861. The van der Waals surface area contributed by atoms with Gasteiger partial charge in [0.05, 0.1) is 39.9 Å². The Hall–Kier alpha value is -1.28. The maximum absolute atomic E-state index is 13.0. The van der Waals surface area contributed by atoms with Gasteiger partial charge in [0.1, 0.15) is 13.2 Å². The van der Waals surface area contributed by atoms with Crippen LogP contribution in [0.2, 0.25) is 0 Å². The summed E-state index contributed by atoms with van der Waals surface area (Å²) in [5.41, 5.74) is 0. The number of rotatable bonds is 57.